The molecule has 2 aromatic carbocycles. The van der Waals surface area contributed by atoms with Crippen LogP contribution in [-0.2, 0) is 21.2 Å². The van der Waals surface area contributed by atoms with E-state index < -0.39 is 22.0 Å². The van der Waals surface area contributed by atoms with Crippen LogP contribution in [0.5, 0.6) is 5.75 Å². The van der Waals surface area contributed by atoms with E-state index in [4.69, 9.17) is 4.74 Å². The third-order valence-corrected chi connectivity index (χ3v) is 5.28. The Labute approximate surface area is 159 Å². The number of rotatable bonds is 8. The first-order chi connectivity index (χ1) is 12.7. The quantitative estimate of drug-likeness (QED) is 0.746. The maximum absolute atomic E-state index is 12.9. The average molecular weight is 394 g/mol. The Morgan fingerprint density at radius 1 is 1.15 bits per heavy atom. The molecule has 0 aromatic heterocycles. The molecule has 0 spiro atoms. The molecule has 1 N–H and O–H groups in total. The number of carbonyl (C=O) groups is 1. The summed E-state index contributed by atoms with van der Waals surface area (Å²) in [5.74, 6) is -0.151. The van der Waals surface area contributed by atoms with Gasteiger partial charge in [-0.2, -0.15) is 0 Å². The van der Waals surface area contributed by atoms with E-state index in [0.29, 0.717) is 24.4 Å². The number of carbonyl (C=O) groups excluding carboxylic acids is 1. The maximum atomic E-state index is 12.9. The zero-order valence-corrected chi connectivity index (χ0v) is 16.3. The molecule has 27 heavy (non-hydrogen) atoms. The summed E-state index contributed by atoms with van der Waals surface area (Å²) < 4.78 is 43.5. The van der Waals surface area contributed by atoms with E-state index in [1.54, 1.807) is 36.4 Å². The number of sulfonamides is 1. The van der Waals surface area contributed by atoms with Crippen molar-refractivity contribution in [3.63, 3.8) is 0 Å². The van der Waals surface area contributed by atoms with Crippen molar-refractivity contribution in [3.8, 4) is 5.75 Å². The minimum Gasteiger partial charge on any atom is -0.497 e. The number of halogens is 1. The largest absolute Gasteiger partial charge is 0.497 e. The lowest BCUT2D eigenvalue weighted by Crippen LogP contribution is -2.48. The monoisotopic (exact) mass is 394 g/mol. The summed E-state index contributed by atoms with van der Waals surface area (Å²) in [7, 11) is -2.16. The molecular weight excluding hydrogens is 371 g/mol. The van der Waals surface area contributed by atoms with E-state index in [9.17, 15) is 17.6 Å². The fourth-order valence-electron chi connectivity index (χ4n) is 2.67. The van der Waals surface area contributed by atoms with E-state index in [0.717, 1.165) is 16.1 Å². The van der Waals surface area contributed by atoms with Crippen molar-refractivity contribution < 1.29 is 22.3 Å². The van der Waals surface area contributed by atoms with Gasteiger partial charge in [-0.3, -0.25) is 9.10 Å². The van der Waals surface area contributed by atoms with Gasteiger partial charge in [0.25, 0.3) is 0 Å². The molecule has 6 nitrogen and oxygen atoms in total. The molecule has 0 fully saturated rings. The number of nitrogens with one attached hydrogen (secondary N) is 1. The predicted octanol–water partition coefficient (Wildman–Crippen LogP) is 2.35. The second kappa shape index (κ2) is 8.85. The van der Waals surface area contributed by atoms with Crippen molar-refractivity contribution in [3.05, 3.63) is 59.9 Å². The SMILES string of the molecule is COc1ccc(N([C@H](C)C(=O)NCCc2ccc(F)cc2)S(C)(=O)=O)cc1. The van der Waals surface area contributed by atoms with Crippen molar-refractivity contribution in [2.75, 3.05) is 24.2 Å². The number of nitrogens with zero attached hydrogens (tertiary/aromatic N) is 1. The predicted molar refractivity (Wildman–Crippen MR) is 103 cm³/mol. The Hall–Kier alpha value is -2.61. The van der Waals surface area contributed by atoms with Gasteiger partial charge >= 0.3 is 0 Å². The van der Waals surface area contributed by atoms with E-state index in [2.05, 4.69) is 5.32 Å². The van der Waals surface area contributed by atoms with E-state index >= 15 is 0 Å². The zero-order valence-electron chi connectivity index (χ0n) is 15.5. The van der Waals surface area contributed by atoms with Crippen molar-refractivity contribution in [1.29, 1.82) is 0 Å². The number of anilines is 1. The van der Waals surface area contributed by atoms with Gasteiger partial charge < -0.3 is 10.1 Å². The summed E-state index contributed by atoms with van der Waals surface area (Å²) in [4.78, 5) is 12.5. The maximum Gasteiger partial charge on any atom is 0.243 e. The summed E-state index contributed by atoms with van der Waals surface area (Å²) in [6.07, 6.45) is 1.57. The number of hydrogen-bond acceptors (Lipinski definition) is 4. The first-order valence-electron chi connectivity index (χ1n) is 8.38. The van der Waals surface area contributed by atoms with Crippen LogP contribution >= 0.6 is 0 Å². The standard InChI is InChI=1S/C19H23FN2O4S/c1-14(19(23)21-13-12-15-4-6-16(20)7-5-15)22(27(3,24)25)17-8-10-18(26-2)11-9-17/h4-11,14H,12-13H2,1-3H3,(H,21,23)/t14-/m1/s1. The highest BCUT2D eigenvalue weighted by Gasteiger charge is 2.28. The van der Waals surface area contributed by atoms with Crippen LogP contribution in [0, 0.1) is 5.82 Å². The molecule has 0 saturated heterocycles. The molecule has 0 aliphatic heterocycles. The van der Waals surface area contributed by atoms with Crippen molar-refractivity contribution in [1.82, 2.24) is 5.32 Å². The molecule has 1 atom stereocenters. The van der Waals surface area contributed by atoms with Crippen LogP contribution in [0.3, 0.4) is 0 Å². The molecule has 8 heteroatoms. The Balaban J connectivity index is 2.06. The molecule has 0 radical (unpaired) electrons. The highest BCUT2D eigenvalue weighted by Crippen LogP contribution is 2.23. The van der Waals surface area contributed by atoms with Gasteiger partial charge in [0, 0.05) is 6.54 Å². The minimum absolute atomic E-state index is 0.315. The van der Waals surface area contributed by atoms with Gasteiger partial charge in [-0.05, 0) is 55.3 Å². The number of methoxy groups -OCH3 is 1. The molecule has 0 bridgehead atoms. The molecule has 2 rings (SSSR count). The molecule has 146 valence electrons. The molecule has 0 heterocycles. The lowest BCUT2D eigenvalue weighted by atomic mass is 10.1. The second-order valence-corrected chi connectivity index (χ2v) is 7.96. The average Bonchev–Trinajstić information content (AvgIpc) is 2.62. The van der Waals surface area contributed by atoms with Crippen LogP contribution in [0.4, 0.5) is 10.1 Å². The number of hydrogen-bond donors (Lipinski definition) is 1. The first-order valence-corrected chi connectivity index (χ1v) is 10.2. The van der Waals surface area contributed by atoms with Crippen LogP contribution in [0.2, 0.25) is 0 Å². The van der Waals surface area contributed by atoms with Crippen LogP contribution in [0.15, 0.2) is 48.5 Å². The van der Waals surface area contributed by atoms with Gasteiger partial charge in [0.2, 0.25) is 15.9 Å². The third kappa shape index (κ3) is 5.68. The molecular formula is C19H23FN2O4S. The third-order valence-electron chi connectivity index (χ3n) is 4.04. The summed E-state index contributed by atoms with van der Waals surface area (Å²) in [5, 5.41) is 2.73. The topological polar surface area (TPSA) is 75.7 Å². The van der Waals surface area contributed by atoms with Crippen molar-refractivity contribution >= 4 is 21.6 Å². The molecule has 0 aliphatic carbocycles. The van der Waals surface area contributed by atoms with E-state index in [-0.39, 0.29) is 5.82 Å². The molecule has 0 aliphatic rings. The van der Waals surface area contributed by atoms with Crippen LogP contribution in [0.1, 0.15) is 12.5 Å². The van der Waals surface area contributed by atoms with Crippen LogP contribution in [-0.4, -0.2) is 40.3 Å². The van der Waals surface area contributed by atoms with Gasteiger partial charge in [0.15, 0.2) is 0 Å². The van der Waals surface area contributed by atoms with Gasteiger partial charge in [-0.1, -0.05) is 12.1 Å². The summed E-state index contributed by atoms with van der Waals surface area (Å²) in [5.41, 5.74) is 1.25. The fraction of sp³-hybridized carbons (Fsp3) is 0.316. The van der Waals surface area contributed by atoms with Gasteiger partial charge in [-0.15, -0.1) is 0 Å². The Bertz CT molecular complexity index is 868. The molecule has 0 unspecified atom stereocenters. The minimum atomic E-state index is -3.67. The first kappa shape index (κ1) is 20.7. The summed E-state index contributed by atoms with van der Waals surface area (Å²) >= 11 is 0. The molecule has 0 saturated carbocycles. The number of ether oxygens (including phenoxy) is 1. The van der Waals surface area contributed by atoms with Gasteiger partial charge in [-0.25, -0.2) is 12.8 Å². The van der Waals surface area contributed by atoms with Gasteiger partial charge in [0.1, 0.15) is 17.6 Å². The van der Waals surface area contributed by atoms with Crippen LogP contribution < -0.4 is 14.4 Å². The Morgan fingerprint density at radius 2 is 1.74 bits per heavy atom. The normalized spacial score (nSPS) is 12.3. The second-order valence-electron chi connectivity index (χ2n) is 6.10. The van der Waals surface area contributed by atoms with Crippen molar-refractivity contribution in [2.24, 2.45) is 0 Å². The van der Waals surface area contributed by atoms with E-state index in [1.165, 1.54) is 26.2 Å². The summed E-state index contributed by atoms with van der Waals surface area (Å²) in [6.45, 7) is 1.84. The Kier molecular flexibility index (Phi) is 6.79. The molecule has 1 amide bonds. The zero-order chi connectivity index (χ0) is 20.0. The lowest BCUT2D eigenvalue weighted by Gasteiger charge is -2.28. The number of amides is 1. The molecule has 2 aromatic rings. The van der Waals surface area contributed by atoms with E-state index in [1.807, 2.05) is 0 Å². The van der Waals surface area contributed by atoms with Gasteiger partial charge in [0.05, 0.1) is 19.1 Å². The summed E-state index contributed by atoms with van der Waals surface area (Å²) in [6, 6.07) is 11.5. The van der Waals surface area contributed by atoms with Crippen LogP contribution in [0.25, 0.3) is 0 Å². The fourth-order valence-corrected chi connectivity index (χ4v) is 3.84. The lowest BCUT2D eigenvalue weighted by molar-refractivity contribution is -0.121. The highest BCUT2D eigenvalue weighted by atomic mass is 32.2. The Morgan fingerprint density at radius 3 is 2.26 bits per heavy atom. The highest BCUT2D eigenvalue weighted by molar-refractivity contribution is 7.92. The number of benzene rings is 2. The van der Waals surface area contributed by atoms with Crippen molar-refractivity contribution in [2.45, 2.75) is 19.4 Å². The smallest absolute Gasteiger partial charge is 0.243 e.